The van der Waals surface area contributed by atoms with E-state index in [4.69, 9.17) is 5.73 Å². The lowest BCUT2D eigenvalue weighted by Gasteiger charge is -2.36. The van der Waals surface area contributed by atoms with Crippen molar-refractivity contribution in [1.82, 2.24) is 4.98 Å². The van der Waals surface area contributed by atoms with E-state index in [0.29, 0.717) is 6.42 Å². The van der Waals surface area contributed by atoms with Gasteiger partial charge in [0.15, 0.2) is 0 Å². The highest BCUT2D eigenvalue weighted by Gasteiger charge is 2.36. The van der Waals surface area contributed by atoms with E-state index in [-0.39, 0.29) is 6.04 Å². The standard InChI is InChI=1S/C15H18N2O/c16-12-6-2-8-15(18,10-12)13-7-1-4-11-5-3-9-17-14(11)13/h1,3-5,7,9,12,18H,2,6,8,10,16H2. The van der Waals surface area contributed by atoms with Crippen LogP contribution in [0, 0.1) is 0 Å². The number of aliphatic hydroxyl groups is 1. The topological polar surface area (TPSA) is 59.1 Å². The van der Waals surface area contributed by atoms with Gasteiger partial charge in [0.2, 0.25) is 0 Å². The van der Waals surface area contributed by atoms with Gasteiger partial charge in [-0.25, -0.2) is 0 Å². The first-order valence-corrected chi connectivity index (χ1v) is 6.51. The van der Waals surface area contributed by atoms with Crippen molar-refractivity contribution >= 4 is 10.9 Å². The predicted octanol–water partition coefficient (Wildman–Crippen LogP) is 2.32. The number of nitrogens with zero attached hydrogens (tertiary/aromatic N) is 1. The molecule has 0 amide bonds. The highest BCUT2D eigenvalue weighted by atomic mass is 16.3. The Bertz CT molecular complexity index is 564. The molecule has 3 rings (SSSR count). The van der Waals surface area contributed by atoms with Crippen molar-refractivity contribution in [2.75, 3.05) is 0 Å². The van der Waals surface area contributed by atoms with Gasteiger partial charge >= 0.3 is 0 Å². The van der Waals surface area contributed by atoms with Crippen molar-refractivity contribution in [1.29, 1.82) is 0 Å². The molecule has 2 atom stereocenters. The molecule has 3 nitrogen and oxygen atoms in total. The van der Waals surface area contributed by atoms with Crippen LogP contribution in [0.3, 0.4) is 0 Å². The molecule has 0 saturated heterocycles. The molecular formula is C15H18N2O. The van der Waals surface area contributed by atoms with Gasteiger partial charge in [0.25, 0.3) is 0 Å². The third-order valence-electron chi connectivity index (χ3n) is 3.90. The van der Waals surface area contributed by atoms with Crippen LogP contribution in [-0.2, 0) is 5.60 Å². The average molecular weight is 242 g/mol. The van der Waals surface area contributed by atoms with E-state index in [1.54, 1.807) is 6.20 Å². The van der Waals surface area contributed by atoms with Crippen LogP contribution in [0.4, 0.5) is 0 Å². The maximum Gasteiger partial charge on any atom is 0.0932 e. The van der Waals surface area contributed by atoms with Gasteiger partial charge in [0.05, 0.1) is 11.1 Å². The molecule has 1 saturated carbocycles. The third-order valence-corrected chi connectivity index (χ3v) is 3.90. The smallest absolute Gasteiger partial charge is 0.0932 e. The Morgan fingerprint density at radius 3 is 2.94 bits per heavy atom. The predicted molar refractivity (Wildman–Crippen MR) is 72.1 cm³/mol. The van der Waals surface area contributed by atoms with Crippen LogP contribution in [0.15, 0.2) is 36.5 Å². The molecule has 1 aromatic heterocycles. The maximum atomic E-state index is 10.9. The Morgan fingerprint density at radius 1 is 1.28 bits per heavy atom. The zero-order chi connectivity index (χ0) is 12.6. The van der Waals surface area contributed by atoms with E-state index in [0.717, 1.165) is 35.7 Å². The molecule has 0 spiro atoms. The third kappa shape index (κ3) is 1.89. The summed E-state index contributed by atoms with van der Waals surface area (Å²) in [7, 11) is 0. The summed E-state index contributed by atoms with van der Waals surface area (Å²) in [5.74, 6) is 0. The first-order valence-electron chi connectivity index (χ1n) is 6.51. The Hall–Kier alpha value is -1.45. The number of hydrogen-bond acceptors (Lipinski definition) is 3. The van der Waals surface area contributed by atoms with Gasteiger partial charge in [0.1, 0.15) is 0 Å². The van der Waals surface area contributed by atoms with Crippen LogP contribution in [-0.4, -0.2) is 16.1 Å². The van der Waals surface area contributed by atoms with E-state index >= 15 is 0 Å². The summed E-state index contributed by atoms with van der Waals surface area (Å²) in [6.45, 7) is 0. The minimum absolute atomic E-state index is 0.0859. The normalized spacial score (nSPS) is 28.4. The van der Waals surface area contributed by atoms with Crippen LogP contribution in [0.1, 0.15) is 31.2 Å². The molecule has 1 aromatic carbocycles. The first-order chi connectivity index (χ1) is 8.69. The summed E-state index contributed by atoms with van der Waals surface area (Å²) in [4.78, 5) is 4.43. The van der Waals surface area contributed by atoms with Gasteiger partial charge < -0.3 is 10.8 Å². The number of rotatable bonds is 1. The quantitative estimate of drug-likeness (QED) is 0.806. The fourth-order valence-electron chi connectivity index (χ4n) is 3.02. The zero-order valence-electron chi connectivity index (χ0n) is 10.3. The molecule has 1 aliphatic rings. The Kier molecular flexibility index (Phi) is 2.80. The SMILES string of the molecule is NC1CCCC(O)(c2cccc3cccnc23)C1. The molecule has 2 unspecified atom stereocenters. The number of benzene rings is 1. The van der Waals surface area contributed by atoms with Crippen LogP contribution in [0.25, 0.3) is 10.9 Å². The van der Waals surface area contributed by atoms with Crippen molar-refractivity contribution in [3.05, 3.63) is 42.1 Å². The number of pyridine rings is 1. The largest absolute Gasteiger partial charge is 0.385 e. The molecule has 1 heterocycles. The van der Waals surface area contributed by atoms with Crippen molar-refractivity contribution < 1.29 is 5.11 Å². The number of nitrogens with two attached hydrogens (primary N) is 1. The molecule has 1 fully saturated rings. The van der Waals surface area contributed by atoms with Crippen molar-refractivity contribution in [3.63, 3.8) is 0 Å². The maximum absolute atomic E-state index is 10.9. The van der Waals surface area contributed by atoms with E-state index < -0.39 is 5.60 Å². The van der Waals surface area contributed by atoms with Crippen LogP contribution < -0.4 is 5.73 Å². The summed E-state index contributed by atoms with van der Waals surface area (Å²) in [5.41, 5.74) is 7.02. The number of hydrogen-bond donors (Lipinski definition) is 2. The lowest BCUT2D eigenvalue weighted by Crippen LogP contribution is -2.39. The lowest BCUT2D eigenvalue weighted by atomic mass is 9.77. The van der Waals surface area contributed by atoms with Crippen LogP contribution >= 0.6 is 0 Å². The molecule has 0 radical (unpaired) electrons. The molecule has 0 aliphatic heterocycles. The molecule has 3 heteroatoms. The van der Waals surface area contributed by atoms with E-state index in [2.05, 4.69) is 4.98 Å². The fourth-order valence-corrected chi connectivity index (χ4v) is 3.02. The summed E-state index contributed by atoms with van der Waals surface area (Å²) < 4.78 is 0. The second kappa shape index (κ2) is 4.34. The Balaban J connectivity index is 2.13. The van der Waals surface area contributed by atoms with Crippen LogP contribution in [0.5, 0.6) is 0 Å². The summed E-state index contributed by atoms with van der Waals surface area (Å²) >= 11 is 0. The monoisotopic (exact) mass is 242 g/mol. The van der Waals surface area contributed by atoms with E-state index in [9.17, 15) is 5.11 Å². The van der Waals surface area contributed by atoms with Gasteiger partial charge in [0, 0.05) is 23.2 Å². The summed E-state index contributed by atoms with van der Waals surface area (Å²) in [5, 5.41) is 12.0. The molecule has 3 N–H and O–H groups in total. The van der Waals surface area contributed by atoms with E-state index in [1.807, 2.05) is 30.3 Å². The molecule has 1 aliphatic carbocycles. The first kappa shape index (κ1) is 11.6. The highest BCUT2D eigenvalue weighted by Crippen LogP contribution is 2.38. The van der Waals surface area contributed by atoms with Gasteiger partial charge in [-0.2, -0.15) is 0 Å². The second-order valence-corrected chi connectivity index (χ2v) is 5.27. The Labute approximate surface area is 107 Å². The van der Waals surface area contributed by atoms with Crippen LogP contribution in [0.2, 0.25) is 0 Å². The number of fused-ring (bicyclic) bond motifs is 1. The van der Waals surface area contributed by atoms with Gasteiger partial charge in [-0.1, -0.05) is 24.3 Å². The van der Waals surface area contributed by atoms with Gasteiger partial charge in [-0.05, 0) is 31.7 Å². The molecule has 94 valence electrons. The Morgan fingerprint density at radius 2 is 2.11 bits per heavy atom. The second-order valence-electron chi connectivity index (χ2n) is 5.27. The highest BCUT2D eigenvalue weighted by molar-refractivity contribution is 5.82. The number of para-hydroxylation sites is 1. The fraction of sp³-hybridized carbons (Fsp3) is 0.400. The van der Waals surface area contributed by atoms with Gasteiger partial charge in [-0.15, -0.1) is 0 Å². The summed E-state index contributed by atoms with van der Waals surface area (Å²) in [6.07, 6.45) is 5.15. The van der Waals surface area contributed by atoms with Crippen molar-refractivity contribution in [3.8, 4) is 0 Å². The number of aromatic nitrogens is 1. The van der Waals surface area contributed by atoms with Crippen molar-refractivity contribution in [2.24, 2.45) is 5.73 Å². The molecule has 18 heavy (non-hydrogen) atoms. The van der Waals surface area contributed by atoms with Crippen molar-refractivity contribution in [2.45, 2.75) is 37.3 Å². The zero-order valence-corrected chi connectivity index (χ0v) is 10.3. The molecular weight excluding hydrogens is 224 g/mol. The average Bonchev–Trinajstić information content (AvgIpc) is 2.38. The van der Waals surface area contributed by atoms with E-state index in [1.165, 1.54) is 0 Å². The molecule has 2 aromatic rings. The van der Waals surface area contributed by atoms with Gasteiger partial charge in [-0.3, -0.25) is 4.98 Å². The minimum Gasteiger partial charge on any atom is -0.385 e. The minimum atomic E-state index is -0.814. The summed E-state index contributed by atoms with van der Waals surface area (Å²) in [6, 6.07) is 10.0. The molecule has 0 bridgehead atoms. The lowest BCUT2D eigenvalue weighted by molar-refractivity contribution is -0.00596.